The second kappa shape index (κ2) is 5.99. The van der Waals surface area contributed by atoms with Crippen LogP contribution in [-0.2, 0) is 12.6 Å². The summed E-state index contributed by atoms with van der Waals surface area (Å²) in [7, 11) is 0. The van der Waals surface area contributed by atoms with Gasteiger partial charge >= 0.3 is 6.18 Å². The molecule has 0 aromatic heterocycles. The van der Waals surface area contributed by atoms with Crippen LogP contribution in [0.5, 0.6) is 5.75 Å². The Bertz CT molecular complexity index is 348. The molecule has 0 radical (unpaired) electrons. The fraction of sp³-hybridized carbons (Fsp3) is 0.455. The molecule has 1 N–H and O–H groups in total. The largest absolute Gasteiger partial charge is 0.508 e. The summed E-state index contributed by atoms with van der Waals surface area (Å²) in [6, 6.07) is 1.97. The van der Waals surface area contributed by atoms with Crippen LogP contribution in [0.15, 0.2) is 12.1 Å². The number of rotatable bonds is 1. The molecule has 0 aliphatic carbocycles. The van der Waals surface area contributed by atoms with Gasteiger partial charge in [-0.15, -0.1) is 0 Å². The Hall–Kier alpha value is -0.900. The van der Waals surface area contributed by atoms with Gasteiger partial charge in [0.05, 0.1) is 10.6 Å². The molecule has 0 fully saturated rings. The fourth-order valence-electron chi connectivity index (χ4n) is 1.24. The summed E-state index contributed by atoms with van der Waals surface area (Å²) in [5, 5.41) is 8.60. The smallest absolute Gasteiger partial charge is 0.418 e. The lowest BCUT2D eigenvalue weighted by Gasteiger charge is -2.13. The van der Waals surface area contributed by atoms with E-state index in [2.05, 4.69) is 0 Å². The summed E-state index contributed by atoms with van der Waals surface area (Å²) < 4.78 is 37.4. The predicted octanol–water partition coefficient (Wildman–Crippen LogP) is 4.65. The van der Waals surface area contributed by atoms with Crippen LogP contribution in [0.3, 0.4) is 0 Å². The zero-order valence-electron chi connectivity index (χ0n) is 9.32. The minimum atomic E-state index is -4.48. The number of benzene rings is 1. The summed E-state index contributed by atoms with van der Waals surface area (Å²) in [4.78, 5) is 0. The van der Waals surface area contributed by atoms with Gasteiger partial charge in [0, 0.05) is 0 Å². The molecule has 92 valence electrons. The second-order valence-electron chi connectivity index (χ2n) is 2.81. The van der Waals surface area contributed by atoms with Crippen molar-refractivity contribution in [3.63, 3.8) is 0 Å². The third-order valence-corrected chi connectivity index (χ3v) is 2.12. The van der Waals surface area contributed by atoms with Crippen LogP contribution in [0.4, 0.5) is 13.2 Å². The van der Waals surface area contributed by atoms with Crippen LogP contribution < -0.4 is 0 Å². The van der Waals surface area contributed by atoms with Crippen LogP contribution >= 0.6 is 11.6 Å². The van der Waals surface area contributed by atoms with E-state index in [0.717, 1.165) is 12.1 Å². The van der Waals surface area contributed by atoms with E-state index in [1.54, 1.807) is 6.92 Å². The minimum absolute atomic E-state index is 0.00231. The highest BCUT2D eigenvalue weighted by Crippen LogP contribution is 2.39. The van der Waals surface area contributed by atoms with Crippen molar-refractivity contribution in [2.45, 2.75) is 33.4 Å². The van der Waals surface area contributed by atoms with Crippen molar-refractivity contribution in [3.05, 3.63) is 28.3 Å². The number of hydrogen-bond acceptors (Lipinski definition) is 1. The number of aromatic hydroxyl groups is 1. The summed E-state index contributed by atoms with van der Waals surface area (Å²) in [5.41, 5.74) is -0.859. The Morgan fingerprint density at radius 1 is 1.25 bits per heavy atom. The molecule has 1 rings (SSSR count). The summed E-state index contributed by atoms with van der Waals surface area (Å²) in [6.45, 7) is 5.57. The molecule has 0 saturated heterocycles. The van der Waals surface area contributed by atoms with Gasteiger partial charge in [0.1, 0.15) is 5.75 Å². The molecular formula is C11H14ClF3O. The molecule has 16 heavy (non-hydrogen) atoms. The highest BCUT2D eigenvalue weighted by molar-refractivity contribution is 6.31. The number of halogens is 4. The molecule has 1 aromatic rings. The first-order chi connectivity index (χ1) is 7.36. The molecular weight excluding hydrogens is 241 g/mol. The molecule has 0 spiro atoms. The lowest BCUT2D eigenvalue weighted by molar-refractivity contribution is -0.138. The van der Waals surface area contributed by atoms with E-state index in [0.29, 0.717) is 0 Å². The zero-order chi connectivity index (χ0) is 12.9. The highest BCUT2D eigenvalue weighted by atomic mass is 35.5. The van der Waals surface area contributed by atoms with Gasteiger partial charge in [-0.25, -0.2) is 0 Å². The van der Waals surface area contributed by atoms with Crippen molar-refractivity contribution in [2.75, 3.05) is 0 Å². The van der Waals surface area contributed by atoms with Crippen molar-refractivity contribution >= 4 is 11.6 Å². The number of alkyl halides is 3. The second-order valence-corrected chi connectivity index (χ2v) is 3.22. The molecule has 0 atom stereocenters. The third kappa shape index (κ3) is 3.59. The van der Waals surface area contributed by atoms with Gasteiger partial charge < -0.3 is 5.11 Å². The molecule has 0 bridgehead atoms. The van der Waals surface area contributed by atoms with Crippen molar-refractivity contribution in [2.24, 2.45) is 0 Å². The molecule has 1 aromatic carbocycles. The summed E-state index contributed by atoms with van der Waals surface area (Å²) in [5.74, 6) is -0.250. The Morgan fingerprint density at radius 2 is 1.75 bits per heavy atom. The number of aryl methyl sites for hydroxylation is 1. The molecule has 0 unspecified atom stereocenters. The molecule has 0 heterocycles. The van der Waals surface area contributed by atoms with Gasteiger partial charge in [0.25, 0.3) is 0 Å². The van der Waals surface area contributed by atoms with Crippen LogP contribution in [-0.4, -0.2) is 5.11 Å². The molecule has 0 amide bonds. The SMILES string of the molecule is CC.CCc1cc(O)cc(Cl)c1C(F)(F)F. The molecule has 0 aliphatic heterocycles. The Balaban J connectivity index is 0.00000106. The molecule has 0 aliphatic rings. The highest BCUT2D eigenvalue weighted by Gasteiger charge is 2.35. The third-order valence-electron chi connectivity index (χ3n) is 1.82. The number of phenols is 1. The first-order valence-electron chi connectivity index (χ1n) is 4.94. The average Bonchev–Trinajstić information content (AvgIpc) is 2.17. The lowest BCUT2D eigenvalue weighted by Crippen LogP contribution is -2.09. The summed E-state index contributed by atoms with van der Waals surface area (Å²) >= 11 is 5.42. The average molecular weight is 255 g/mol. The maximum absolute atomic E-state index is 12.5. The maximum Gasteiger partial charge on any atom is 0.418 e. The van der Waals surface area contributed by atoms with Gasteiger partial charge in [-0.3, -0.25) is 0 Å². The maximum atomic E-state index is 12.5. The van der Waals surface area contributed by atoms with Gasteiger partial charge in [-0.1, -0.05) is 32.4 Å². The van der Waals surface area contributed by atoms with Crippen molar-refractivity contribution in [3.8, 4) is 5.75 Å². The normalized spacial score (nSPS) is 10.7. The van der Waals surface area contributed by atoms with Crippen molar-refractivity contribution in [1.82, 2.24) is 0 Å². The van der Waals surface area contributed by atoms with Gasteiger partial charge in [0.15, 0.2) is 0 Å². The Morgan fingerprint density at radius 3 is 2.12 bits per heavy atom. The molecule has 0 saturated carbocycles. The topological polar surface area (TPSA) is 20.2 Å². The van der Waals surface area contributed by atoms with E-state index >= 15 is 0 Å². The van der Waals surface area contributed by atoms with Crippen LogP contribution in [0.25, 0.3) is 0 Å². The fourth-order valence-corrected chi connectivity index (χ4v) is 1.58. The Kier molecular flexibility index (Phi) is 5.65. The van der Waals surface area contributed by atoms with E-state index in [9.17, 15) is 13.2 Å². The minimum Gasteiger partial charge on any atom is -0.508 e. The van der Waals surface area contributed by atoms with Gasteiger partial charge in [-0.2, -0.15) is 13.2 Å². The summed E-state index contributed by atoms with van der Waals surface area (Å²) in [6.07, 6.45) is -4.31. The molecule has 5 heteroatoms. The van der Waals surface area contributed by atoms with E-state index in [1.165, 1.54) is 0 Å². The quantitative estimate of drug-likeness (QED) is 0.773. The lowest BCUT2D eigenvalue weighted by atomic mass is 10.0. The van der Waals surface area contributed by atoms with Crippen LogP contribution in [0.2, 0.25) is 5.02 Å². The van der Waals surface area contributed by atoms with Gasteiger partial charge in [0.2, 0.25) is 0 Å². The van der Waals surface area contributed by atoms with Crippen LogP contribution in [0, 0.1) is 0 Å². The zero-order valence-corrected chi connectivity index (χ0v) is 10.1. The van der Waals surface area contributed by atoms with E-state index in [-0.39, 0.29) is 17.7 Å². The van der Waals surface area contributed by atoms with Crippen LogP contribution in [0.1, 0.15) is 31.9 Å². The van der Waals surface area contributed by atoms with E-state index in [1.807, 2.05) is 13.8 Å². The first-order valence-corrected chi connectivity index (χ1v) is 5.32. The Labute approximate surface area is 97.9 Å². The first kappa shape index (κ1) is 15.1. The predicted molar refractivity (Wildman–Crippen MR) is 58.8 cm³/mol. The number of phenolic OH excluding ortho intramolecular Hbond substituents is 1. The van der Waals surface area contributed by atoms with Crippen molar-refractivity contribution in [1.29, 1.82) is 0 Å². The van der Waals surface area contributed by atoms with Crippen molar-refractivity contribution < 1.29 is 18.3 Å². The standard InChI is InChI=1S/C9H8ClF3O.C2H6/c1-2-5-3-6(14)4-7(10)8(5)9(11,12)13;1-2/h3-4,14H,2H2,1H3;1-2H3. The molecule has 1 nitrogen and oxygen atoms in total. The monoisotopic (exact) mass is 254 g/mol. The number of hydrogen-bond donors (Lipinski definition) is 1. The van der Waals surface area contributed by atoms with Gasteiger partial charge in [-0.05, 0) is 24.1 Å². The van der Waals surface area contributed by atoms with E-state index < -0.39 is 16.8 Å². The van der Waals surface area contributed by atoms with E-state index in [4.69, 9.17) is 16.7 Å².